The second kappa shape index (κ2) is 15.3. The molecule has 0 spiro atoms. The van der Waals surface area contributed by atoms with E-state index in [1.165, 1.54) is 68.9 Å². The molecule has 0 amide bonds. The zero-order valence-corrected chi connectivity index (χ0v) is 20.6. The normalized spacial score (nSPS) is 21.5. The van der Waals surface area contributed by atoms with Gasteiger partial charge in [0.15, 0.2) is 0 Å². The lowest BCUT2D eigenvalue weighted by atomic mass is 9.83. The molecule has 0 saturated heterocycles. The van der Waals surface area contributed by atoms with Gasteiger partial charge in [0.25, 0.3) is 0 Å². The molecule has 33 heavy (non-hydrogen) atoms. The fraction of sp³-hybridized carbons (Fsp3) is 0.600. The van der Waals surface area contributed by atoms with E-state index in [0.29, 0.717) is 0 Å². The van der Waals surface area contributed by atoms with Crippen molar-refractivity contribution in [3.63, 3.8) is 0 Å². The number of ether oxygens (including phenoxy) is 1. The van der Waals surface area contributed by atoms with Crippen LogP contribution in [0.15, 0.2) is 60.7 Å². The van der Waals surface area contributed by atoms with E-state index in [2.05, 4.69) is 54.7 Å². The van der Waals surface area contributed by atoms with Crippen molar-refractivity contribution in [1.29, 1.82) is 0 Å². The third kappa shape index (κ3) is 9.60. The van der Waals surface area contributed by atoms with Crippen LogP contribution < -0.4 is 5.32 Å². The van der Waals surface area contributed by atoms with Crippen molar-refractivity contribution in [3.05, 3.63) is 71.8 Å². The Morgan fingerprint density at radius 3 is 2.33 bits per heavy atom. The molecule has 0 radical (unpaired) electrons. The number of aliphatic hydroxyl groups is 1. The van der Waals surface area contributed by atoms with Gasteiger partial charge in [0, 0.05) is 6.61 Å². The standard InChI is InChI=1S/C30H45NO2/c1-25(12-11-21-31-30(22-32)29-18-6-3-7-19-29)28-17-9-8-15-27(16-10-20-28)24-33-23-26-13-4-2-5-14-26/h2-7,13-14,18-19,25,27-28,30-32H,8-12,15-17,20-24H2,1H3/t25-,27-,28?,30-/m1/s1. The van der Waals surface area contributed by atoms with Gasteiger partial charge < -0.3 is 15.2 Å². The number of nitrogens with one attached hydrogen (secondary N) is 1. The minimum atomic E-state index is 0.0486. The first-order chi connectivity index (χ1) is 16.3. The van der Waals surface area contributed by atoms with Gasteiger partial charge in [-0.3, -0.25) is 0 Å². The van der Waals surface area contributed by atoms with Crippen molar-refractivity contribution in [1.82, 2.24) is 5.32 Å². The Balaban J connectivity index is 1.32. The first-order valence-electron chi connectivity index (χ1n) is 13.3. The van der Waals surface area contributed by atoms with Crippen molar-refractivity contribution in [2.24, 2.45) is 17.8 Å². The van der Waals surface area contributed by atoms with E-state index < -0.39 is 0 Å². The summed E-state index contributed by atoms with van der Waals surface area (Å²) in [6.45, 7) is 5.24. The van der Waals surface area contributed by atoms with Crippen LogP contribution in [0.4, 0.5) is 0 Å². The Kier molecular flexibility index (Phi) is 12.0. The molecule has 1 aliphatic carbocycles. The fourth-order valence-corrected chi connectivity index (χ4v) is 5.36. The minimum absolute atomic E-state index is 0.0486. The van der Waals surface area contributed by atoms with Crippen LogP contribution in [0, 0.1) is 17.8 Å². The van der Waals surface area contributed by atoms with Crippen LogP contribution in [-0.4, -0.2) is 24.9 Å². The first-order valence-corrected chi connectivity index (χ1v) is 13.3. The molecule has 2 aromatic carbocycles. The topological polar surface area (TPSA) is 41.5 Å². The second-order valence-electron chi connectivity index (χ2n) is 10.1. The van der Waals surface area contributed by atoms with E-state index >= 15 is 0 Å². The zero-order chi connectivity index (χ0) is 23.1. The van der Waals surface area contributed by atoms with Crippen molar-refractivity contribution < 1.29 is 9.84 Å². The van der Waals surface area contributed by atoms with Crippen molar-refractivity contribution in [2.45, 2.75) is 77.4 Å². The lowest BCUT2D eigenvalue weighted by Gasteiger charge is -2.24. The molecule has 1 aliphatic rings. The Hall–Kier alpha value is -1.68. The molecule has 1 unspecified atom stereocenters. The van der Waals surface area contributed by atoms with Crippen LogP contribution in [-0.2, 0) is 11.3 Å². The van der Waals surface area contributed by atoms with E-state index in [9.17, 15) is 5.11 Å². The van der Waals surface area contributed by atoms with E-state index in [1.54, 1.807) is 0 Å². The lowest BCUT2D eigenvalue weighted by molar-refractivity contribution is 0.0797. The summed E-state index contributed by atoms with van der Waals surface area (Å²) in [5.41, 5.74) is 2.45. The molecule has 0 aliphatic heterocycles. The molecule has 4 atom stereocenters. The quantitative estimate of drug-likeness (QED) is 0.344. The van der Waals surface area contributed by atoms with Crippen LogP contribution in [0.3, 0.4) is 0 Å². The maximum atomic E-state index is 9.74. The summed E-state index contributed by atoms with van der Waals surface area (Å²) in [6, 6.07) is 20.9. The molecule has 0 aromatic heterocycles. The van der Waals surface area contributed by atoms with Gasteiger partial charge in [-0.1, -0.05) is 99.7 Å². The summed E-state index contributed by atoms with van der Waals surface area (Å²) in [5.74, 6) is 2.36. The molecule has 2 aromatic rings. The molecular formula is C30H45NO2. The van der Waals surface area contributed by atoms with Gasteiger partial charge in [0.1, 0.15) is 0 Å². The highest BCUT2D eigenvalue weighted by Gasteiger charge is 2.20. The Morgan fingerprint density at radius 1 is 0.909 bits per heavy atom. The third-order valence-electron chi connectivity index (χ3n) is 7.51. The molecule has 3 heteroatoms. The maximum Gasteiger partial charge on any atom is 0.0717 e. The Labute approximate surface area is 202 Å². The highest BCUT2D eigenvalue weighted by molar-refractivity contribution is 5.18. The van der Waals surface area contributed by atoms with Gasteiger partial charge >= 0.3 is 0 Å². The third-order valence-corrected chi connectivity index (χ3v) is 7.51. The van der Waals surface area contributed by atoms with Crippen molar-refractivity contribution in [3.8, 4) is 0 Å². The van der Waals surface area contributed by atoms with Gasteiger partial charge in [-0.05, 0) is 61.1 Å². The molecule has 1 saturated carbocycles. The summed E-state index contributed by atoms with van der Waals surface area (Å²) in [7, 11) is 0. The number of aliphatic hydroxyl groups excluding tert-OH is 1. The summed E-state index contributed by atoms with van der Waals surface area (Å²) < 4.78 is 6.07. The van der Waals surface area contributed by atoms with E-state index in [4.69, 9.17) is 4.74 Å². The van der Waals surface area contributed by atoms with Gasteiger partial charge in [0.05, 0.1) is 19.3 Å². The highest BCUT2D eigenvalue weighted by atomic mass is 16.5. The average molecular weight is 452 g/mol. The van der Waals surface area contributed by atoms with Crippen molar-refractivity contribution >= 4 is 0 Å². The SMILES string of the molecule is C[C@H](CCCN[C@H](CO)c1ccccc1)C1CCCC[C@@H](COCc2ccccc2)CCC1. The number of hydrogen-bond acceptors (Lipinski definition) is 3. The van der Waals surface area contributed by atoms with Gasteiger partial charge in [-0.2, -0.15) is 0 Å². The molecule has 1 fully saturated rings. The first kappa shape index (κ1) is 25.9. The summed E-state index contributed by atoms with van der Waals surface area (Å²) in [4.78, 5) is 0. The van der Waals surface area contributed by atoms with Crippen LogP contribution in [0.5, 0.6) is 0 Å². The Morgan fingerprint density at radius 2 is 1.58 bits per heavy atom. The van der Waals surface area contributed by atoms with Crippen LogP contribution in [0.2, 0.25) is 0 Å². The smallest absolute Gasteiger partial charge is 0.0717 e. The fourth-order valence-electron chi connectivity index (χ4n) is 5.36. The zero-order valence-electron chi connectivity index (χ0n) is 20.6. The second-order valence-corrected chi connectivity index (χ2v) is 10.1. The van der Waals surface area contributed by atoms with Crippen LogP contribution in [0.25, 0.3) is 0 Å². The molecular weight excluding hydrogens is 406 g/mol. The summed E-state index contributed by atoms with van der Waals surface area (Å²) >= 11 is 0. The van der Waals surface area contributed by atoms with Crippen LogP contribution in [0.1, 0.15) is 81.9 Å². The number of hydrogen-bond donors (Lipinski definition) is 2. The van der Waals surface area contributed by atoms with Gasteiger partial charge in [-0.15, -0.1) is 0 Å². The van der Waals surface area contributed by atoms with Crippen LogP contribution >= 0.6 is 0 Å². The van der Waals surface area contributed by atoms with Gasteiger partial charge in [-0.25, -0.2) is 0 Å². The summed E-state index contributed by atoms with van der Waals surface area (Å²) in [6.07, 6.45) is 11.9. The monoisotopic (exact) mass is 451 g/mol. The maximum absolute atomic E-state index is 9.74. The molecule has 182 valence electrons. The molecule has 3 nitrogen and oxygen atoms in total. The van der Waals surface area contributed by atoms with Gasteiger partial charge in [0.2, 0.25) is 0 Å². The average Bonchev–Trinajstić information content (AvgIpc) is 2.97. The summed E-state index contributed by atoms with van der Waals surface area (Å²) in [5, 5.41) is 13.3. The van der Waals surface area contributed by atoms with Crippen molar-refractivity contribution in [2.75, 3.05) is 19.8 Å². The predicted octanol–water partition coefficient (Wildman–Crippen LogP) is 6.92. The molecule has 0 heterocycles. The van der Waals surface area contributed by atoms with E-state index in [0.717, 1.165) is 37.5 Å². The lowest BCUT2D eigenvalue weighted by Crippen LogP contribution is -2.26. The van der Waals surface area contributed by atoms with E-state index in [1.807, 2.05) is 18.2 Å². The predicted molar refractivity (Wildman–Crippen MR) is 138 cm³/mol. The molecule has 0 bridgehead atoms. The number of benzene rings is 2. The largest absolute Gasteiger partial charge is 0.394 e. The Bertz CT molecular complexity index is 735. The molecule has 3 rings (SSSR count). The van der Waals surface area contributed by atoms with E-state index in [-0.39, 0.29) is 12.6 Å². The molecule has 2 N–H and O–H groups in total. The minimum Gasteiger partial charge on any atom is -0.394 e. The number of rotatable bonds is 12. The highest BCUT2D eigenvalue weighted by Crippen LogP contribution is 2.32.